The molecular formula is C18H29NO3. The highest BCUT2D eigenvalue weighted by molar-refractivity contribution is 5.20. The lowest BCUT2D eigenvalue weighted by molar-refractivity contribution is -0.193. The van der Waals surface area contributed by atoms with Crippen LogP contribution in [0.5, 0.6) is 0 Å². The van der Waals surface area contributed by atoms with E-state index in [4.69, 9.17) is 14.7 Å². The van der Waals surface area contributed by atoms with Crippen LogP contribution in [0.25, 0.3) is 0 Å². The van der Waals surface area contributed by atoms with Gasteiger partial charge in [0.05, 0.1) is 13.2 Å². The molecule has 3 aliphatic rings. The molecule has 0 amide bonds. The largest absolute Gasteiger partial charge is 0.411 e. The second-order valence-corrected chi connectivity index (χ2v) is 6.82. The Kier molecular flexibility index (Phi) is 6.28. The van der Waals surface area contributed by atoms with Crippen molar-refractivity contribution in [3.8, 4) is 11.8 Å². The number of hydrogen-bond acceptors (Lipinski definition) is 4. The minimum absolute atomic E-state index is 0.205. The predicted octanol–water partition coefficient (Wildman–Crippen LogP) is 3.97. The minimum atomic E-state index is -0.205. The van der Waals surface area contributed by atoms with Gasteiger partial charge < -0.3 is 14.7 Å². The standard InChI is InChI=1S/C17H26O2.CH3NO/c1-2-3-4-7-16(14-15-5-6-15)8-10-17(11-9-16)18-12-13-19-17;1-2-3/h15H,4-14H2,1H3;3H,1H2. The van der Waals surface area contributed by atoms with Gasteiger partial charge in [-0.05, 0) is 43.9 Å². The molecule has 2 aliphatic carbocycles. The maximum absolute atomic E-state index is 7.08. The highest BCUT2D eigenvalue weighted by Crippen LogP contribution is 2.53. The maximum atomic E-state index is 7.08. The van der Waals surface area contributed by atoms with Crippen LogP contribution in [0, 0.1) is 23.2 Å². The van der Waals surface area contributed by atoms with Crippen molar-refractivity contribution in [2.75, 3.05) is 13.2 Å². The molecule has 1 heterocycles. The number of nitrogens with zero attached hydrogens (tertiary/aromatic N) is 1. The molecule has 0 aromatic rings. The van der Waals surface area contributed by atoms with E-state index in [1.807, 2.05) is 6.92 Å². The summed E-state index contributed by atoms with van der Waals surface area (Å²) < 4.78 is 11.7. The van der Waals surface area contributed by atoms with Gasteiger partial charge >= 0.3 is 0 Å². The average Bonchev–Trinajstić information content (AvgIpc) is 3.21. The molecule has 0 aromatic carbocycles. The Morgan fingerprint density at radius 1 is 1.18 bits per heavy atom. The Balaban J connectivity index is 0.000000545. The summed E-state index contributed by atoms with van der Waals surface area (Å²) in [6.45, 7) is 6.19. The highest BCUT2D eigenvalue weighted by atomic mass is 16.7. The lowest BCUT2D eigenvalue weighted by atomic mass is 9.66. The molecule has 1 saturated heterocycles. The number of ether oxygens (including phenoxy) is 2. The van der Waals surface area contributed by atoms with Crippen LogP contribution in [0.1, 0.15) is 64.7 Å². The second-order valence-electron chi connectivity index (χ2n) is 6.82. The molecule has 4 nitrogen and oxygen atoms in total. The van der Waals surface area contributed by atoms with Crippen molar-refractivity contribution in [1.82, 2.24) is 0 Å². The molecule has 4 heteroatoms. The third-order valence-electron chi connectivity index (χ3n) is 5.26. The summed E-state index contributed by atoms with van der Waals surface area (Å²) >= 11 is 0. The first-order valence-electron chi connectivity index (χ1n) is 8.45. The van der Waals surface area contributed by atoms with Gasteiger partial charge in [-0.15, -0.1) is 17.0 Å². The fourth-order valence-electron chi connectivity index (χ4n) is 3.89. The fraction of sp³-hybridized carbons (Fsp3) is 0.833. The van der Waals surface area contributed by atoms with Crippen LogP contribution in [-0.2, 0) is 9.47 Å². The van der Waals surface area contributed by atoms with Crippen molar-refractivity contribution in [2.24, 2.45) is 16.5 Å². The van der Waals surface area contributed by atoms with E-state index in [-0.39, 0.29) is 5.79 Å². The van der Waals surface area contributed by atoms with E-state index in [2.05, 4.69) is 23.7 Å². The molecular weight excluding hydrogens is 278 g/mol. The first-order chi connectivity index (χ1) is 10.7. The third-order valence-corrected chi connectivity index (χ3v) is 5.26. The summed E-state index contributed by atoms with van der Waals surface area (Å²) in [5, 5.41) is 9.33. The average molecular weight is 307 g/mol. The number of rotatable bonds is 4. The molecule has 1 aliphatic heterocycles. The van der Waals surface area contributed by atoms with Gasteiger partial charge in [-0.3, -0.25) is 0 Å². The third kappa shape index (κ3) is 4.72. The van der Waals surface area contributed by atoms with Gasteiger partial charge in [-0.25, -0.2) is 0 Å². The lowest BCUT2D eigenvalue weighted by Gasteiger charge is -2.44. The van der Waals surface area contributed by atoms with Gasteiger partial charge in [0.2, 0.25) is 0 Å². The molecule has 0 radical (unpaired) electrons. The van der Waals surface area contributed by atoms with Gasteiger partial charge in [-0.1, -0.05) is 12.8 Å². The monoisotopic (exact) mass is 307 g/mol. The molecule has 1 N–H and O–H groups in total. The summed E-state index contributed by atoms with van der Waals surface area (Å²) in [6, 6.07) is 0. The number of oxime groups is 1. The molecule has 3 rings (SSSR count). The van der Waals surface area contributed by atoms with E-state index >= 15 is 0 Å². The Hall–Kier alpha value is -1.05. The van der Waals surface area contributed by atoms with Crippen molar-refractivity contribution >= 4 is 6.72 Å². The molecule has 1 spiro atoms. The zero-order valence-electron chi connectivity index (χ0n) is 13.8. The molecule has 0 atom stereocenters. The Bertz CT molecular complexity index is 404. The second kappa shape index (κ2) is 7.99. The zero-order valence-corrected chi connectivity index (χ0v) is 13.8. The highest BCUT2D eigenvalue weighted by Gasteiger charge is 2.47. The van der Waals surface area contributed by atoms with Gasteiger partial charge in [0.1, 0.15) is 0 Å². The molecule has 0 aromatic heterocycles. The molecule has 124 valence electrons. The Labute approximate surface area is 134 Å². The minimum Gasteiger partial charge on any atom is -0.411 e. The van der Waals surface area contributed by atoms with Gasteiger partial charge in [0.15, 0.2) is 5.79 Å². The number of hydrogen-bond donors (Lipinski definition) is 1. The summed E-state index contributed by atoms with van der Waals surface area (Å²) in [5.41, 5.74) is 0.533. The summed E-state index contributed by atoms with van der Waals surface area (Å²) in [4.78, 5) is 0. The van der Waals surface area contributed by atoms with E-state index in [0.29, 0.717) is 5.41 Å². The van der Waals surface area contributed by atoms with E-state index < -0.39 is 0 Å². The first-order valence-corrected chi connectivity index (χ1v) is 8.45. The lowest BCUT2D eigenvalue weighted by Crippen LogP contribution is -2.40. The Morgan fingerprint density at radius 3 is 2.27 bits per heavy atom. The first kappa shape index (κ1) is 17.3. The van der Waals surface area contributed by atoms with Gasteiger partial charge in [0, 0.05) is 26.0 Å². The quantitative estimate of drug-likeness (QED) is 0.370. The van der Waals surface area contributed by atoms with Gasteiger partial charge in [0.25, 0.3) is 0 Å². The Morgan fingerprint density at radius 2 is 1.77 bits per heavy atom. The summed E-state index contributed by atoms with van der Waals surface area (Å²) in [5.74, 6) is 7.11. The molecule has 22 heavy (non-hydrogen) atoms. The maximum Gasteiger partial charge on any atom is 0.168 e. The van der Waals surface area contributed by atoms with Crippen molar-refractivity contribution < 1.29 is 14.7 Å². The van der Waals surface area contributed by atoms with E-state index in [1.54, 1.807) is 0 Å². The molecule has 3 fully saturated rings. The van der Waals surface area contributed by atoms with E-state index in [1.165, 1.54) is 38.5 Å². The van der Waals surface area contributed by atoms with Crippen molar-refractivity contribution in [3.05, 3.63) is 0 Å². The fourth-order valence-corrected chi connectivity index (χ4v) is 3.89. The van der Waals surface area contributed by atoms with Crippen LogP contribution in [0.15, 0.2) is 5.16 Å². The molecule has 2 saturated carbocycles. The summed E-state index contributed by atoms with van der Waals surface area (Å²) in [6.07, 6.45) is 11.4. The van der Waals surface area contributed by atoms with Crippen LogP contribution in [0.2, 0.25) is 0 Å². The van der Waals surface area contributed by atoms with Crippen molar-refractivity contribution in [3.63, 3.8) is 0 Å². The van der Waals surface area contributed by atoms with Crippen LogP contribution in [-0.4, -0.2) is 30.9 Å². The topological polar surface area (TPSA) is 51.1 Å². The van der Waals surface area contributed by atoms with Crippen LogP contribution >= 0.6 is 0 Å². The van der Waals surface area contributed by atoms with Crippen LogP contribution in [0.4, 0.5) is 0 Å². The molecule has 0 bridgehead atoms. The van der Waals surface area contributed by atoms with Gasteiger partial charge in [-0.2, -0.15) is 0 Å². The van der Waals surface area contributed by atoms with Crippen LogP contribution < -0.4 is 0 Å². The summed E-state index contributed by atoms with van der Waals surface area (Å²) in [7, 11) is 0. The van der Waals surface area contributed by atoms with Crippen molar-refractivity contribution in [2.45, 2.75) is 70.5 Å². The predicted molar refractivity (Wildman–Crippen MR) is 86.9 cm³/mol. The smallest absolute Gasteiger partial charge is 0.168 e. The van der Waals surface area contributed by atoms with E-state index in [0.717, 1.165) is 38.4 Å². The molecule has 0 unspecified atom stereocenters. The van der Waals surface area contributed by atoms with Crippen LogP contribution in [0.3, 0.4) is 0 Å². The van der Waals surface area contributed by atoms with E-state index in [9.17, 15) is 0 Å². The van der Waals surface area contributed by atoms with Crippen molar-refractivity contribution in [1.29, 1.82) is 0 Å². The zero-order chi connectivity index (χ0) is 15.9. The SMILES string of the molecule is C=NO.CC#CCCC1(CC2CC2)CCC2(CC1)OCCO2. The normalized spacial score (nSPS) is 24.8.